The van der Waals surface area contributed by atoms with E-state index in [1.165, 1.54) is 37.7 Å². The molecule has 2 heteroatoms. The predicted octanol–water partition coefficient (Wildman–Crippen LogP) is 3.56. The van der Waals surface area contributed by atoms with Gasteiger partial charge in [0.15, 0.2) is 0 Å². The van der Waals surface area contributed by atoms with Crippen molar-refractivity contribution in [1.82, 2.24) is 10.2 Å². The molecule has 0 aromatic carbocycles. The number of likely N-dealkylation sites (N-methyl/N-ethyl adjacent to an activating group) is 1. The zero-order valence-corrected chi connectivity index (χ0v) is 12.6. The summed E-state index contributed by atoms with van der Waals surface area (Å²) in [5.74, 6) is 0.969. The van der Waals surface area contributed by atoms with Gasteiger partial charge < -0.3 is 5.32 Å². The monoisotopic (exact) mass is 250 g/mol. The second-order valence-corrected chi connectivity index (χ2v) is 5.56. The maximum atomic E-state index is 3.92. The van der Waals surface area contributed by atoms with Crippen LogP contribution in [0.1, 0.15) is 46.0 Å². The first-order valence-electron chi connectivity index (χ1n) is 7.35. The third kappa shape index (κ3) is 3.88. The molecule has 0 spiro atoms. The fourth-order valence-electron chi connectivity index (χ4n) is 3.03. The Morgan fingerprint density at radius 1 is 1.39 bits per heavy atom. The summed E-state index contributed by atoms with van der Waals surface area (Å²) in [7, 11) is 4.21. The average Bonchev–Trinajstić information content (AvgIpc) is 2.43. The maximum Gasteiger partial charge on any atom is 0.0333 e. The minimum absolute atomic E-state index is 0.443. The minimum atomic E-state index is 0.443. The fourth-order valence-corrected chi connectivity index (χ4v) is 3.03. The van der Waals surface area contributed by atoms with E-state index in [4.69, 9.17) is 0 Å². The first kappa shape index (κ1) is 15.3. The molecule has 0 aromatic heterocycles. The van der Waals surface area contributed by atoms with E-state index in [-0.39, 0.29) is 0 Å². The van der Waals surface area contributed by atoms with E-state index < -0.39 is 0 Å². The average molecular weight is 250 g/mol. The zero-order valence-electron chi connectivity index (χ0n) is 12.6. The summed E-state index contributed by atoms with van der Waals surface area (Å²) < 4.78 is 0. The summed E-state index contributed by atoms with van der Waals surface area (Å²) in [6.07, 6.45) is 10.9. The van der Waals surface area contributed by atoms with E-state index in [2.05, 4.69) is 43.9 Å². The number of rotatable bonds is 6. The Labute approximate surface area is 113 Å². The number of hydrogen-bond donors (Lipinski definition) is 1. The second-order valence-electron chi connectivity index (χ2n) is 5.56. The Kier molecular flexibility index (Phi) is 6.48. The summed E-state index contributed by atoms with van der Waals surface area (Å²) >= 11 is 0. The predicted molar refractivity (Wildman–Crippen MR) is 80.6 cm³/mol. The molecule has 18 heavy (non-hydrogen) atoms. The molecule has 0 aromatic rings. The van der Waals surface area contributed by atoms with Gasteiger partial charge in [0.05, 0.1) is 0 Å². The Hall–Kier alpha value is -0.760. The van der Waals surface area contributed by atoms with Crippen LogP contribution >= 0.6 is 0 Å². The van der Waals surface area contributed by atoms with Crippen LogP contribution in [-0.4, -0.2) is 31.1 Å². The first-order chi connectivity index (χ1) is 8.63. The van der Waals surface area contributed by atoms with Gasteiger partial charge in [0, 0.05) is 25.3 Å². The first-order valence-corrected chi connectivity index (χ1v) is 7.35. The molecule has 0 bridgehead atoms. The highest BCUT2D eigenvalue weighted by atomic mass is 15.2. The van der Waals surface area contributed by atoms with Crippen molar-refractivity contribution in [3.63, 3.8) is 0 Å². The van der Waals surface area contributed by atoms with Crippen LogP contribution in [0, 0.1) is 5.92 Å². The van der Waals surface area contributed by atoms with Crippen molar-refractivity contribution < 1.29 is 0 Å². The Morgan fingerprint density at radius 3 is 2.44 bits per heavy atom. The molecule has 1 fully saturated rings. The van der Waals surface area contributed by atoms with Gasteiger partial charge in [0.1, 0.15) is 0 Å². The van der Waals surface area contributed by atoms with Crippen molar-refractivity contribution in [3.05, 3.63) is 24.4 Å². The van der Waals surface area contributed by atoms with Crippen molar-refractivity contribution in [2.24, 2.45) is 5.92 Å². The lowest BCUT2D eigenvalue weighted by molar-refractivity contribution is 0.141. The van der Waals surface area contributed by atoms with Crippen LogP contribution in [0.15, 0.2) is 24.4 Å². The SMILES string of the molecule is C=C/C(=C\NC)C(C)N(C)C1CCC(CC)CC1. The van der Waals surface area contributed by atoms with Gasteiger partial charge in [-0.05, 0) is 51.1 Å². The van der Waals surface area contributed by atoms with E-state index >= 15 is 0 Å². The van der Waals surface area contributed by atoms with Gasteiger partial charge in [-0.15, -0.1) is 0 Å². The van der Waals surface area contributed by atoms with Crippen molar-refractivity contribution in [2.75, 3.05) is 14.1 Å². The van der Waals surface area contributed by atoms with Crippen LogP contribution in [0.3, 0.4) is 0 Å². The van der Waals surface area contributed by atoms with Crippen molar-refractivity contribution in [1.29, 1.82) is 0 Å². The van der Waals surface area contributed by atoms with Crippen molar-refractivity contribution in [3.8, 4) is 0 Å². The topological polar surface area (TPSA) is 15.3 Å². The Balaban J connectivity index is 2.56. The molecular weight excluding hydrogens is 220 g/mol. The Morgan fingerprint density at radius 2 is 2.00 bits per heavy atom. The maximum absolute atomic E-state index is 3.92. The molecule has 1 aliphatic rings. The number of hydrogen-bond acceptors (Lipinski definition) is 2. The van der Waals surface area contributed by atoms with Crippen LogP contribution < -0.4 is 5.32 Å². The molecule has 0 radical (unpaired) electrons. The van der Waals surface area contributed by atoms with Gasteiger partial charge in [-0.3, -0.25) is 4.90 Å². The minimum Gasteiger partial charge on any atom is -0.394 e. The highest BCUT2D eigenvalue weighted by molar-refractivity contribution is 5.21. The highest BCUT2D eigenvalue weighted by Gasteiger charge is 2.26. The van der Waals surface area contributed by atoms with Crippen molar-refractivity contribution >= 4 is 0 Å². The number of nitrogens with zero attached hydrogens (tertiary/aromatic N) is 1. The van der Waals surface area contributed by atoms with E-state index in [0.29, 0.717) is 6.04 Å². The van der Waals surface area contributed by atoms with E-state index in [1.807, 2.05) is 13.1 Å². The summed E-state index contributed by atoms with van der Waals surface area (Å²) in [6.45, 7) is 8.52. The molecule has 2 nitrogen and oxygen atoms in total. The van der Waals surface area contributed by atoms with E-state index in [1.54, 1.807) is 0 Å². The summed E-state index contributed by atoms with van der Waals surface area (Å²) in [5.41, 5.74) is 1.28. The second kappa shape index (κ2) is 7.63. The standard InChI is InChI=1S/C16H30N2/c1-6-14-8-10-16(11-9-14)18(5)13(3)15(7-2)12-17-4/h7,12-14,16-17H,2,6,8-11H2,1,3-5H3/b15-12+. The summed E-state index contributed by atoms with van der Waals surface area (Å²) in [5, 5.41) is 3.11. The van der Waals surface area contributed by atoms with Crippen LogP contribution in [-0.2, 0) is 0 Å². The normalized spacial score (nSPS) is 27.1. The van der Waals surface area contributed by atoms with Gasteiger partial charge in [-0.2, -0.15) is 0 Å². The molecule has 1 N–H and O–H groups in total. The molecule has 1 aliphatic carbocycles. The van der Waals surface area contributed by atoms with Crippen molar-refractivity contribution in [2.45, 2.75) is 58.0 Å². The lowest BCUT2D eigenvalue weighted by Crippen LogP contribution is -2.41. The molecule has 0 amide bonds. The zero-order chi connectivity index (χ0) is 13.5. The highest BCUT2D eigenvalue weighted by Crippen LogP contribution is 2.30. The van der Waals surface area contributed by atoms with Crippen LogP contribution in [0.4, 0.5) is 0 Å². The molecule has 1 atom stereocenters. The Bertz CT molecular complexity index is 275. The van der Waals surface area contributed by atoms with E-state index in [0.717, 1.165) is 12.0 Å². The summed E-state index contributed by atoms with van der Waals surface area (Å²) in [6, 6.07) is 1.18. The van der Waals surface area contributed by atoms with Gasteiger partial charge in [-0.25, -0.2) is 0 Å². The molecular formula is C16H30N2. The quantitative estimate of drug-likeness (QED) is 0.725. The van der Waals surface area contributed by atoms with Crippen LogP contribution in [0.2, 0.25) is 0 Å². The smallest absolute Gasteiger partial charge is 0.0333 e. The third-order valence-electron chi connectivity index (χ3n) is 4.61. The van der Waals surface area contributed by atoms with Crippen LogP contribution in [0.25, 0.3) is 0 Å². The van der Waals surface area contributed by atoms with Crippen LogP contribution in [0.5, 0.6) is 0 Å². The van der Waals surface area contributed by atoms with E-state index in [9.17, 15) is 0 Å². The summed E-state index contributed by atoms with van der Waals surface area (Å²) in [4.78, 5) is 2.52. The lowest BCUT2D eigenvalue weighted by atomic mass is 9.83. The molecule has 0 saturated heterocycles. The number of nitrogens with one attached hydrogen (secondary N) is 1. The largest absolute Gasteiger partial charge is 0.394 e. The van der Waals surface area contributed by atoms with Gasteiger partial charge >= 0.3 is 0 Å². The molecule has 104 valence electrons. The fraction of sp³-hybridized carbons (Fsp3) is 0.750. The molecule has 0 aliphatic heterocycles. The third-order valence-corrected chi connectivity index (χ3v) is 4.61. The molecule has 1 rings (SSSR count). The van der Waals surface area contributed by atoms with Gasteiger partial charge in [0.25, 0.3) is 0 Å². The van der Waals surface area contributed by atoms with Gasteiger partial charge in [-0.1, -0.05) is 26.0 Å². The lowest BCUT2D eigenvalue weighted by Gasteiger charge is -2.38. The van der Waals surface area contributed by atoms with Gasteiger partial charge in [0.2, 0.25) is 0 Å². The molecule has 1 unspecified atom stereocenters. The molecule has 0 heterocycles. The molecule has 1 saturated carbocycles.